The van der Waals surface area contributed by atoms with Gasteiger partial charge in [0.2, 0.25) is 0 Å². The molecule has 0 saturated carbocycles. The summed E-state index contributed by atoms with van der Waals surface area (Å²) < 4.78 is 16.5. The fraction of sp³-hybridized carbons (Fsp3) is 0.929. The van der Waals surface area contributed by atoms with Gasteiger partial charge in [-0.05, 0) is 0 Å². The zero-order valence-electron chi connectivity index (χ0n) is 23.0. The molecule has 0 radical (unpaired) electrons. The van der Waals surface area contributed by atoms with E-state index in [9.17, 15) is 9.59 Å². The molecular weight excluding hydrogens is 519 g/mol. The number of carbonyl (C=O) groups is 2. The van der Waals surface area contributed by atoms with Crippen molar-refractivity contribution in [2.75, 3.05) is 13.2 Å². The zero-order chi connectivity index (χ0) is 25.0. The summed E-state index contributed by atoms with van der Waals surface area (Å²) in [4.78, 5) is 25.2. The van der Waals surface area contributed by atoms with Gasteiger partial charge in [0.1, 0.15) is 0 Å². The first-order valence-corrected chi connectivity index (χ1v) is 22.3. The zero-order valence-corrected chi connectivity index (χ0v) is 25.9. The van der Waals surface area contributed by atoms with Gasteiger partial charge < -0.3 is 0 Å². The summed E-state index contributed by atoms with van der Waals surface area (Å²) in [5.41, 5.74) is 0. The molecule has 0 bridgehead atoms. The topological polar surface area (TPSA) is 52.6 Å². The molecule has 0 aliphatic carbocycles. The van der Waals surface area contributed by atoms with Crippen LogP contribution in [0.2, 0.25) is 17.7 Å². The average Bonchev–Trinajstić information content (AvgIpc) is 2.82. The Balaban J connectivity index is 5.02. The average molecular weight is 575 g/mol. The van der Waals surface area contributed by atoms with Gasteiger partial charge in [0, 0.05) is 0 Å². The van der Waals surface area contributed by atoms with Crippen LogP contribution in [0.5, 0.6) is 0 Å². The van der Waals surface area contributed by atoms with Gasteiger partial charge >= 0.3 is 211 Å². The van der Waals surface area contributed by atoms with Crippen LogP contribution in [0.25, 0.3) is 0 Å². The molecule has 196 valence electrons. The number of hydrogen-bond acceptors (Lipinski definition) is 4. The maximum atomic E-state index is 12.6. The normalized spacial score (nSPS) is 13.5. The van der Waals surface area contributed by atoms with Gasteiger partial charge in [-0.15, -0.1) is 0 Å². The fourth-order valence-electron chi connectivity index (χ4n) is 4.70. The third-order valence-electron chi connectivity index (χ3n) is 7.34. The van der Waals surface area contributed by atoms with Crippen LogP contribution in [0.15, 0.2) is 0 Å². The number of rotatable bonds is 22. The Labute approximate surface area is 210 Å². The van der Waals surface area contributed by atoms with Crippen LogP contribution in [0.4, 0.5) is 0 Å². The van der Waals surface area contributed by atoms with Crippen molar-refractivity contribution in [2.45, 2.75) is 136 Å². The van der Waals surface area contributed by atoms with E-state index in [1.54, 1.807) is 0 Å². The van der Waals surface area contributed by atoms with Crippen LogP contribution in [0, 0.1) is 11.8 Å². The van der Waals surface area contributed by atoms with Crippen molar-refractivity contribution in [3.63, 3.8) is 0 Å². The molecular formula is C28H56O4Sn. The number of hydrogen-bond donors (Lipinski definition) is 0. The van der Waals surface area contributed by atoms with Gasteiger partial charge in [0.05, 0.1) is 0 Å². The van der Waals surface area contributed by atoms with E-state index in [1.165, 1.54) is 34.6 Å². The number of esters is 2. The second-order valence-corrected chi connectivity index (χ2v) is 24.3. The fourth-order valence-corrected chi connectivity index (χ4v) is 18.3. The molecule has 0 saturated heterocycles. The third-order valence-corrected chi connectivity index (χ3v) is 22.6. The molecule has 33 heavy (non-hydrogen) atoms. The molecule has 0 aromatic heterocycles. The van der Waals surface area contributed by atoms with Crippen molar-refractivity contribution in [3.05, 3.63) is 0 Å². The van der Waals surface area contributed by atoms with E-state index < -0.39 is 18.4 Å². The standard InChI is InChI=1S/2C10H19O2.2C4H9.Sn/c2*1-4-7-8-9(5-2)10(11)12-6-3;2*1-3-4-2;/h2*9H,3-8H2,1-2H3;2*1,3-4H2,2H3;. The van der Waals surface area contributed by atoms with E-state index in [-0.39, 0.29) is 23.8 Å². The van der Waals surface area contributed by atoms with E-state index in [1.807, 2.05) is 0 Å². The summed E-state index contributed by atoms with van der Waals surface area (Å²) in [6.07, 6.45) is 12.9. The minimum absolute atomic E-state index is 0.00487. The Kier molecular flexibility index (Phi) is 20.9. The maximum absolute atomic E-state index is 12.6. The SMILES string of the molecule is CCCCC(CC)C(=O)OC[CH2][Sn]([CH2]CCC)([CH2]CCC)[CH2]COC(=O)C(CC)CCCC. The van der Waals surface area contributed by atoms with Crippen molar-refractivity contribution in [2.24, 2.45) is 11.8 Å². The van der Waals surface area contributed by atoms with Gasteiger partial charge in [-0.2, -0.15) is 0 Å². The quantitative estimate of drug-likeness (QED) is 0.0959. The van der Waals surface area contributed by atoms with Crippen LogP contribution >= 0.6 is 0 Å². The molecule has 0 amide bonds. The Morgan fingerprint density at radius 2 is 0.939 bits per heavy atom. The number of carbonyl (C=O) groups excluding carboxylic acids is 2. The Bertz CT molecular complexity index is 450. The second-order valence-electron chi connectivity index (χ2n) is 10.0. The first kappa shape index (κ1) is 32.7. The van der Waals surface area contributed by atoms with Crippen LogP contribution in [-0.2, 0) is 19.1 Å². The van der Waals surface area contributed by atoms with Crippen LogP contribution in [0.3, 0.4) is 0 Å². The molecule has 0 aliphatic heterocycles. The number of unbranched alkanes of at least 4 members (excludes halogenated alkanes) is 4. The molecule has 0 fully saturated rings. The van der Waals surface area contributed by atoms with Gasteiger partial charge in [0.25, 0.3) is 0 Å². The summed E-state index contributed by atoms with van der Waals surface area (Å²) in [6, 6.07) is 0. The molecule has 0 spiro atoms. The van der Waals surface area contributed by atoms with Crippen molar-refractivity contribution >= 4 is 30.3 Å². The monoisotopic (exact) mass is 576 g/mol. The van der Waals surface area contributed by atoms with E-state index in [2.05, 4.69) is 41.5 Å². The molecule has 4 nitrogen and oxygen atoms in total. The Morgan fingerprint density at radius 3 is 1.24 bits per heavy atom. The van der Waals surface area contributed by atoms with E-state index in [4.69, 9.17) is 9.47 Å². The molecule has 0 heterocycles. The molecule has 5 heteroatoms. The van der Waals surface area contributed by atoms with Crippen LogP contribution in [-0.4, -0.2) is 43.5 Å². The van der Waals surface area contributed by atoms with E-state index >= 15 is 0 Å². The molecule has 2 atom stereocenters. The minimum atomic E-state index is -2.56. The first-order chi connectivity index (χ1) is 15.9. The summed E-state index contributed by atoms with van der Waals surface area (Å²) in [5.74, 6) is 0.113. The second kappa shape index (κ2) is 21.1. The van der Waals surface area contributed by atoms with Gasteiger partial charge in [-0.1, -0.05) is 0 Å². The van der Waals surface area contributed by atoms with Crippen LogP contribution in [0.1, 0.15) is 119 Å². The van der Waals surface area contributed by atoms with E-state index in [0.717, 1.165) is 60.2 Å². The number of ether oxygens (including phenoxy) is 2. The first-order valence-electron chi connectivity index (χ1n) is 14.3. The van der Waals surface area contributed by atoms with Crippen LogP contribution < -0.4 is 0 Å². The molecule has 0 aliphatic rings. The van der Waals surface area contributed by atoms with Crippen molar-refractivity contribution in [3.8, 4) is 0 Å². The molecule has 0 N–H and O–H groups in total. The summed E-state index contributed by atoms with van der Waals surface area (Å²) in [7, 11) is 0. The molecule has 0 aromatic carbocycles. The molecule has 0 aromatic rings. The summed E-state index contributed by atoms with van der Waals surface area (Å²) in [6.45, 7) is 14.2. The third kappa shape index (κ3) is 14.7. The Morgan fingerprint density at radius 1 is 0.576 bits per heavy atom. The van der Waals surface area contributed by atoms with Gasteiger partial charge in [0.15, 0.2) is 0 Å². The Hall–Kier alpha value is -0.261. The van der Waals surface area contributed by atoms with Crippen molar-refractivity contribution < 1.29 is 19.1 Å². The predicted octanol–water partition coefficient (Wildman–Crippen LogP) is 8.55. The van der Waals surface area contributed by atoms with Crippen molar-refractivity contribution in [1.82, 2.24) is 0 Å². The molecule has 0 rings (SSSR count). The van der Waals surface area contributed by atoms with Gasteiger partial charge in [-0.25, -0.2) is 0 Å². The molecule has 2 unspecified atom stereocenters. The predicted molar refractivity (Wildman–Crippen MR) is 143 cm³/mol. The van der Waals surface area contributed by atoms with E-state index in [0.29, 0.717) is 13.2 Å². The summed E-state index contributed by atoms with van der Waals surface area (Å²) in [5, 5.41) is 0. The van der Waals surface area contributed by atoms with Gasteiger partial charge in [-0.3, -0.25) is 0 Å². The van der Waals surface area contributed by atoms with Crippen molar-refractivity contribution in [1.29, 1.82) is 0 Å². The summed E-state index contributed by atoms with van der Waals surface area (Å²) >= 11 is -2.56.